The van der Waals surface area contributed by atoms with E-state index in [2.05, 4.69) is 15.2 Å². The third-order valence-corrected chi connectivity index (χ3v) is 4.20. The van der Waals surface area contributed by atoms with E-state index < -0.39 is 0 Å². The van der Waals surface area contributed by atoms with E-state index in [4.69, 9.17) is 9.47 Å². The van der Waals surface area contributed by atoms with Crippen LogP contribution in [0.25, 0.3) is 0 Å². The number of fused-ring (bicyclic) bond motifs is 1. The van der Waals surface area contributed by atoms with Gasteiger partial charge in [-0.3, -0.25) is 4.79 Å². The predicted octanol–water partition coefficient (Wildman–Crippen LogP) is 1.79. The molecule has 1 amide bonds. The zero-order chi connectivity index (χ0) is 16.2. The predicted molar refractivity (Wildman–Crippen MR) is 87.6 cm³/mol. The maximum Gasteiger partial charge on any atom is 0.231 e. The number of carbonyl (C=O) groups excluding carboxylic acids is 1. The molecular weight excluding hydrogens is 314 g/mol. The summed E-state index contributed by atoms with van der Waals surface area (Å²) >= 11 is 1.58. The molecule has 0 saturated heterocycles. The molecule has 2 aromatic rings. The van der Waals surface area contributed by atoms with Crippen molar-refractivity contribution >= 4 is 17.2 Å². The normalized spacial score (nSPS) is 12.7. The first-order valence-electron chi connectivity index (χ1n) is 7.33. The number of carbonyl (C=O) groups is 1. The van der Waals surface area contributed by atoms with Gasteiger partial charge in [-0.15, -0.1) is 11.3 Å². The van der Waals surface area contributed by atoms with Gasteiger partial charge in [-0.2, -0.15) is 0 Å². The van der Waals surface area contributed by atoms with Crippen molar-refractivity contribution in [2.24, 2.45) is 0 Å². The van der Waals surface area contributed by atoms with Crippen LogP contribution in [0.3, 0.4) is 0 Å². The molecule has 0 atom stereocenters. The highest BCUT2D eigenvalue weighted by Crippen LogP contribution is 2.32. The molecule has 0 spiro atoms. The number of nitrogens with one attached hydrogen (secondary N) is 1. The van der Waals surface area contributed by atoms with Crippen molar-refractivity contribution in [2.45, 2.75) is 19.5 Å². The van der Waals surface area contributed by atoms with Crippen LogP contribution in [0.4, 0.5) is 0 Å². The number of benzene rings is 1. The first-order chi connectivity index (χ1) is 11.1. The molecule has 1 aromatic heterocycles. The molecule has 0 fully saturated rings. The molecule has 1 aliphatic rings. The molecule has 0 unspecified atom stereocenters. The summed E-state index contributed by atoms with van der Waals surface area (Å²) in [5.74, 6) is 1.44. The molecular formula is C16H19N3O3S. The average Bonchev–Trinajstić information content (AvgIpc) is 3.13. The summed E-state index contributed by atoms with van der Waals surface area (Å²) in [7, 11) is 4.00. The standard InChI is InChI=1S/C16H19N3O3S/c1-19(2)8-16-18-12(9-23-16)6-15(20)17-7-11-3-4-13-14(5-11)22-10-21-13/h3-5,9H,6-8,10H2,1-2H3,(H,17,20). The second-order valence-corrected chi connectivity index (χ2v) is 6.55. The van der Waals surface area contributed by atoms with Crippen molar-refractivity contribution < 1.29 is 14.3 Å². The fourth-order valence-electron chi connectivity index (χ4n) is 2.25. The maximum atomic E-state index is 12.0. The Morgan fingerprint density at radius 2 is 2.17 bits per heavy atom. The number of amides is 1. The molecule has 0 aliphatic carbocycles. The highest BCUT2D eigenvalue weighted by atomic mass is 32.1. The fourth-order valence-corrected chi connectivity index (χ4v) is 3.16. The van der Waals surface area contributed by atoms with Crippen molar-refractivity contribution in [1.29, 1.82) is 0 Å². The Morgan fingerprint density at radius 3 is 3.00 bits per heavy atom. The van der Waals surface area contributed by atoms with E-state index in [1.165, 1.54) is 0 Å². The first-order valence-corrected chi connectivity index (χ1v) is 8.21. The van der Waals surface area contributed by atoms with Crippen LogP contribution in [-0.4, -0.2) is 36.7 Å². The first kappa shape index (κ1) is 15.8. The maximum absolute atomic E-state index is 12.0. The molecule has 1 aromatic carbocycles. The van der Waals surface area contributed by atoms with Gasteiger partial charge in [0.15, 0.2) is 11.5 Å². The summed E-state index contributed by atoms with van der Waals surface area (Å²) in [5, 5.41) is 5.87. The van der Waals surface area contributed by atoms with Crippen molar-refractivity contribution in [2.75, 3.05) is 20.9 Å². The Hall–Kier alpha value is -2.12. The third-order valence-electron chi connectivity index (χ3n) is 3.32. The van der Waals surface area contributed by atoms with Crippen LogP contribution in [0.15, 0.2) is 23.6 Å². The quantitative estimate of drug-likeness (QED) is 0.873. The largest absolute Gasteiger partial charge is 0.454 e. The van der Waals surface area contributed by atoms with Gasteiger partial charge in [-0.1, -0.05) is 6.07 Å². The van der Waals surface area contributed by atoms with E-state index in [-0.39, 0.29) is 12.7 Å². The van der Waals surface area contributed by atoms with E-state index in [0.29, 0.717) is 13.0 Å². The zero-order valence-electron chi connectivity index (χ0n) is 13.2. The Morgan fingerprint density at radius 1 is 1.35 bits per heavy atom. The van der Waals surface area contributed by atoms with Crippen LogP contribution in [0, 0.1) is 0 Å². The highest BCUT2D eigenvalue weighted by Gasteiger charge is 2.14. The van der Waals surface area contributed by atoms with Crippen LogP contribution < -0.4 is 14.8 Å². The van der Waals surface area contributed by atoms with Crippen LogP contribution in [0.1, 0.15) is 16.3 Å². The van der Waals surface area contributed by atoms with Gasteiger partial charge in [-0.25, -0.2) is 4.98 Å². The van der Waals surface area contributed by atoms with Gasteiger partial charge in [0.2, 0.25) is 12.7 Å². The number of nitrogens with zero attached hydrogens (tertiary/aromatic N) is 2. The Bertz CT molecular complexity index is 700. The van der Waals surface area contributed by atoms with Gasteiger partial charge in [0, 0.05) is 18.5 Å². The molecule has 1 aliphatic heterocycles. The summed E-state index contributed by atoms with van der Waals surface area (Å²) in [5.41, 5.74) is 1.80. The average molecular weight is 333 g/mol. The molecule has 0 saturated carbocycles. The lowest BCUT2D eigenvalue weighted by Gasteiger charge is -2.06. The second kappa shape index (κ2) is 6.97. The molecule has 3 rings (SSSR count). The molecule has 1 N–H and O–H groups in total. The monoisotopic (exact) mass is 333 g/mol. The number of ether oxygens (including phenoxy) is 2. The summed E-state index contributed by atoms with van der Waals surface area (Å²) in [6.07, 6.45) is 0.300. The lowest BCUT2D eigenvalue weighted by molar-refractivity contribution is -0.120. The Kier molecular flexibility index (Phi) is 4.78. The molecule has 6 nitrogen and oxygen atoms in total. The molecule has 122 valence electrons. The molecule has 23 heavy (non-hydrogen) atoms. The minimum Gasteiger partial charge on any atom is -0.454 e. The summed E-state index contributed by atoms with van der Waals surface area (Å²) < 4.78 is 10.6. The zero-order valence-corrected chi connectivity index (χ0v) is 14.0. The van der Waals surface area contributed by atoms with E-state index >= 15 is 0 Å². The second-order valence-electron chi connectivity index (χ2n) is 5.61. The van der Waals surface area contributed by atoms with Gasteiger partial charge in [0.1, 0.15) is 5.01 Å². The molecule has 2 heterocycles. The number of rotatable bonds is 6. The van der Waals surface area contributed by atoms with Gasteiger partial charge in [0.25, 0.3) is 0 Å². The summed E-state index contributed by atoms with van der Waals surface area (Å²) in [6, 6.07) is 5.67. The molecule has 0 radical (unpaired) electrons. The lowest BCUT2D eigenvalue weighted by Crippen LogP contribution is -2.24. The molecule has 7 heteroatoms. The fraction of sp³-hybridized carbons (Fsp3) is 0.375. The minimum absolute atomic E-state index is 0.0376. The van der Waals surface area contributed by atoms with E-state index in [9.17, 15) is 4.79 Å². The number of hydrogen-bond donors (Lipinski definition) is 1. The van der Waals surface area contributed by atoms with Gasteiger partial charge >= 0.3 is 0 Å². The van der Waals surface area contributed by atoms with Crippen LogP contribution in [0.5, 0.6) is 11.5 Å². The van der Waals surface area contributed by atoms with E-state index in [1.807, 2.05) is 37.7 Å². The topological polar surface area (TPSA) is 63.7 Å². The SMILES string of the molecule is CN(C)Cc1nc(CC(=O)NCc2ccc3c(c2)OCO3)cs1. The number of aromatic nitrogens is 1. The third kappa shape index (κ3) is 4.20. The Balaban J connectivity index is 1.50. The van der Waals surface area contributed by atoms with E-state index in [1.54, 1.807) is 11.3 Å². The van der Waals surface area contributed by atoms with Crippen LogP contribution in [0.2, 0.25) is 0 Å². The molecule has 0 bridgehead atoms. The highest BCUT2D eigenvalue weighted by molar-refractivity contribution is 7.09. The van der Waals surface area contributed by atoms with Crippen LogP contribution in [-0.2, 0) is 24.3 Å². The summed E-state index contributed by atoms with van der Waals surface area (Å²) in [4.78, 5) is 18.6. The van der Waals surface area contributed by atoms with Gasteiger partial charge < -0.3 is 19.7 Å². The van der Waals surface area contributed by atoms with Crippen molar-refractivity contribution in [3.05, 3.63) is 39.8 Å². The van der Waals surface area contributed by atoms with Gasteiger partial charge in [0.05, 0.1) is 12.1 Å². The van der Waals surface area contributed by atoms with Crippen LogP contribution >= 0.6 is 11.3 Å². The van der Waals surface area contributed by atoms with Crippen molar-refractivity contribution in [3.8, 4) is 11.5 Å². The minimum atomic E-state index is -0.0376. The Labute approximate surface area is 139 Å². The van der Waals surface area contributed by atoms with Gasteiger partial charge in [-0.05, 0) is 31.8 Å². The number of thiazole rings is 1. The van der Waals surface area contributed by atoms with Crippen molar-refractivity contribution in [3.63, 3.8) is 0 Å². The van der Waals surface area contributed by atoms with Crippen molar-refractivity contribution in [1.82, 2.24) is 15.2 Å². The number of hydrogen-bond acceptors (Lipinski definition) is 6. The van der Waals surface area contributed by atoms with E-state index in [0.717, 1.165) is 34.3 Å². The smallest absolute Gasteiger partial charge is 0.231 e. The lowest BCUT2D eigenvalue weighted by atomic mass is 10.2. The summed E-state index contributed by atoms with van der Waals surface area (Å²) in [6.45, 7) is 1.51.